The Hall–Kier alpha value is -2.74. The fourth-order valence-electron chi connectivity index (χ4n) is 2.90. The van der Waals surface area contributed by atoms with E-state index in [1.807, 2.05) is 13.8 Å². The molecule has 0 amide bonds. The van der Waals surface area contributed by atoms with Gasteiger partial charge in [0.25, 0.3) is 0 Å². The SMILES string of the molecule is COC(=O)c1c(C)[nH]c(C(=O)COc2ncnc3sc(C)c(C)c23)c1C. The second-order valence-electron chi connectivity index (χ2n) is 5.97. The van der Waals surface area contributed by atoms with Crippen molar-refractivity contribution < 1.29 is 19.1 Å². The normalized spacial score (nSPS) is 11.0. The number of nitrogens with zero attached hydrogens (tertiary/aromatic N) is 2. The summed E-state index contributed by atoms with van der Waals surface area (Å²) in [7, 11) is 1.31. The minimum Gasteiger partial charge on any atom is -0.469 e. The summed E-state index contributed by atoms with van der Waals surface area (Å²) in [5.74, 6) is -0.352. The molecule has 3 heterocycles. The molecule has 3 aromatic heterocycles. The van der Waals surface area contributed by atoms with Crippen LogP contribution in [0.4, 0.5) is 0 Å². The van der Waals surface area contributed by atoms with Crippen molar-refractivity contribution in [3.05, 3.63) is 39.3 Å². The molecule has 0 aliphatic carbocycles. The Labute approximate surface area is 154 Å². The molecule has 3 aromatic rings. The van der Waals surface area contributed by atoms with Gasteiger partial charge in [-0.05, 0) is 38.8 Å². The van der Waals surface area contributed by atoms with Crippen LogP contribution in [0.3, 0.4) is 0 Å². The first-order valence-corrected chi connectivity index (χ1v) is 8.81. The second kappa shape index (κ2) is 6.87. The minimum atomic E-state index is -0.474. The zero-order chi connectivity index (χ0) is 19.0. The van der Waals surface area contributed by atoms with Gasteiger partial charge in [-0.2, -0.15) is 0 Å². The number of thiophene rings is 1. The number of methoxy groups -OCH3 is 1. The molecule has 0 aromatic carbocycles. The topological polar surface area (TPSA) is 94.2 Å². The number of aromatic amines is 1. The predicted octanol–water partition coefficient (Wildman–Crippen LogP) is 3.30. The number of Topliss-reactive ketones (excluding diaryl/α,β-unsaturated/α-hetero) is 1. The van der Waals surface area contributed by atoms with Gasteiger partial charge in [-0.25, -0.2) is 14.8 Å². The first-order valence-electron chi connectivity index (χ1n) is 7.99. The number of hydrogen-bond donors (Lipinski definition) is 1. The Balaban J connectivity index is 1.86. The molecular formula is C18H19N3O4S. The number of carbonyl (C=O) groups is 2. The molecule has 3 rings (SSSR count). The first kappa shape index (κ1) is 18.1. The Morgan fingerprint density at radius 3 is 2.58 bits per heavy atom. The van der Waals surface area contributed by atoms with Gasteiger partial charge in [-0.3, -0.25) is 4.79 Å². The highest BCUT2D eigenvalue weighted by molar-refractivity contribution is 7.18. The van der Waals surface area contributed by atoms with Crippen LogP contribution in [0.5, 0.6) is 5.88 Å². The van der Waals surface area contributed by atoms with E-state index in [9.17, 15) is 9.59 Å². The highest BCUT2D eigenvalue weighted by Gasteiger charge is 2.23. The van der Waals surface area contributed by atoms with Crippen molar-refractivity contribution in [2.75, 3.05) is 13.7 Å². The van der Waals surface area contributed by atoms with Gasteiger partial charge >= 0.3 is 5.97 Å². The number of nitrogens with one attached hydrogen (secondary N) is 1. The molecule has 8 heteroatoms. The lowest BCUT2D eigenvalue weighted by atomic mass is 10.1. The summed E-state index contributed by atoms with van der Waals surface area (Å²) in [5, 5.41) is 0.831. The monoisotopic (exact) mass is 373 g/mol. The molecule has 0 spiro atoms. The number of fused-ring (bicyclic) bond motifs is 1. The van der Waals surface area contributed by atoms with Crippen molar-refractivity contribution >= 4 is 33.3 Å². The maximum Gasteiger partial charge on any atom is 0.339 e. The van der Waals surface area contributed by atoms with E-state index in [4.69, 9.17) is 9.47 Å². The molecule has 0 saturated heterocycles. The fourth-order valence-corrected chi connectivity index (χ4v) is 3.89. The standard InChI is InChI=1S/C18H19N3O4S/c1-8-11(4)26-17-14(8)16(19-7-20-17)25-6-12(22)15-9(2)13(10(3)21-15)18(23)24-5/h7,21H,6H2,1-5H3. The number of carbonyl (C=O) groups excluding carboxylic acids is 2. The minimum absolute atomic E-state index is 0.193. The molecule has 0 fully saturated rings. The number of aromatic nitrogens is 3. The van der Waals surface area contributed by atoms with Crippen LogP contribution in [0.15, 0.2) is 6.33 Å². The maximum atomic E-state index is 12.6. The summed E-state index contributed by atoms with van der Waals surface area (Å²) in [4.78, 5) is 37.8. The van der Waals surface area contributed by atoms with Gasteiger partial charge in [-0.1, -0.05) is 0 Å². The summed E-state index contributed by atoms with van der Waals surface area (Å²) < 4.78 is 10.5. The van der Waals surface area contributed by atoms with Crippen molar-refractivity contribution in [3.8, 4) is 5.88 Å². The summed E-state index contributed by atoms with van der Waals surface area (Å²) in [5.41, 5.74) is 2.91. The van der Waals surface area contributed by atoms with Crippen LogP contribution < -0.4 is 4.74 Å². The molecule has 0 bridgehead atoms. The number of H-pyrrole nitrogens is 1. The van der Waals surface area contributed by atoms with E-state index in [1.165, 1.54) is 13.4 Å². The Kier molecular flexibility index (Phi) is 4.78. The molecule has 0 unspecified atom stereocenters. The zero-order valence-electron chi connectivity index (χ0n) is 15.2. The second-order valence-corrected chi connectivity index (χ2v) is 7.17. The maximum absolute atomic E-state index is 12.6. The van der Waals surface area contributed by atoms with Crippen molar-refractivity contribution in [1.29, 1.82) is 0 Å². The van der Waals surface area contributed by atoms with E-state index < -0.39 is 5.97 Å². The molecule has 7 nitrogen and oxygen atoms in total. The van der Waals surface area contributed by atoms with Crippen LogP contribution in [0.25, 0.3) is 10.2 Å². The van der Waals surface area contributed by atoms with E-state index in [0.29, 0.717) is 28.4 Å². The Bertz CT molecular complexity index is 1020. The van der Waals surface area contributed by atoms with E-state index in [2.05, 4.69) is 15.0 Å². The summed E-state index contributed by atoms with van der Waals surface area (Å²) in [6.07, 6.45) is 1.43. The third-order valence-corrected chi connectivity index (χ3v) is 5.49. The number of ketones is 1. The number of rotatable bonds is 5. The molecule has 0 saturated carbocycles. The van der Waals surface area contributed by atoms with Gasteiger partial charge in [0.2, 0.25) is 11.7 Å². The third kappa shape index (κ3) is 2.96. The Morgan fingerprint density at radius 2 is 1.88 bits per heavy atom. The van der Waals surface area contributed by atoms with Gasteiger partial charge in [0.05, 0.1) is 23.8 Å². The average molecular weight is 373 g/mol. The lowest BCUT2D eigenvalue weighted by molar-refractivity contribution is 0.0599. The molecule has 1 N–H and O–H groups in total. The lowest BCUT2D eigenvalue weighted by Crippen LogP contribution is -2.14. The fraction of sp³-hybridized carbons (Fsp3) is 0.333. The van der Waals surface area contributed by atoms with Crippen molar-refractivity contribution in [2.45, 2.75) is 27.7 Å². The van der Waals surface area contributed by atoms with Crippen molar-refractivity contribution in [2.24, 2.45) is 0 Å². The first-order chi connectivity index (χ1) is 12.3. The summed E-state index contributed by atoms with van der Waals surface area (Å²) >= 11 is 1.56. The van der Waals surface area contributed by atoms with Crippen molar-refractivity contribution in [1.82, 2.24) is 15.0 Å². The van der Waals surface area contributed by atoms with Crippen LogP contribution in [0.1, 0.15) is 42.5 Å². The smallest absolute Gasteiger partial charge is 0.339 e. The van der Waals surface area contributed by atoms with Gasteiger partial charge in [-0.15, -0.1) is 11.3 Å². The zero-order valence-corrected chi connectivity index (χ0v) is 16.0. The molecule has 136 valence electrons. The number of ether oxygens (including phenoxy) is 2. The summed E-state index contributed by atoms with van der Waals surface area (Å²) in [6, 6.07) is 0. The highest BCUT2D eigenvalue weighted by Crippen LogP contribution is 2.33. The molecule has 0 atom stereocenters. The highest BCUT2D eigenvalue weighted by atomic mass is 32.1. The number of aryl methyl sites for hydroxylation is 3. The van der Waals surface area contributed by atoms with Gasteiger partial charge in [0, 0.05) is 10.6 Å². The quantitative estimate of drug-likeness (QED) is 0.545. The van der Waals surface area contributed by atoms with Gasteiger partial charge in [0.15, 0.2) is 6.61 Å². The molecule has 0 aliphatic rings. The largest absolute Gasteiger partial charge is 0.469 e. The van der Waals surface area contributed by atoms with Crippen molar-refractivity contribution in [3.63, 3.8) is 0 Å². The van der Waals surface area contributed by atoms with E-state index >= 15 is 0 Å². The summed E-state index contributed by atoms with van der Waals surface area (Å²) in [6.45, 7) is 7.23. The van der Waals surface area contributed by atoms with Crippen LogP contribution in [0, 0.1) is 27.7 Å². The molecule has 0 radical (unpaired) electrons. The van der Waals surface area contributed by atoms with Crippen LogP contribution >= 0.6 is 11.3 Å². The predicted molar refractivity (Wildman–Crippen MR) is 98.3 cm³/mol. The number of esters is 1. The Morgan fingerprint density at radius 1 is 1.15 bits per heavy atom. The van der Waals surface area contributed by atoms with Gasteiger partial charge < -0.3 is 14.5 Å². The van der Waals surface area contributed by atoms with E-state index in [0.717, 1.165) is 20.7 Å². The number of hydrogen-bond acceptors (Lipinski definition) is 7. The average Bonchev–Trinajstić information content (AvgIpc) is 3.08. The molecule has 26 heavy (non-hydrogen) atoms. The van der Waals surface area contributed by atoms with Crippen LogP contribution in [0.2, 0.25) is 0 Å². The van der Waals surface area contributed by atoms with E-state index in [1.54, 1.807) is 25.2 Å². The van der Waals surface area contributed by atoms with E-state index in [-0.39, 0.29) is 12.4 Å². The molecular weight excluding hydrogens is 354 g/mol. The third-order valence-electron chi connectivity index (χ3n) is 4.38. The lowest BCUT2D eigenvalue weighted by Gasteiger charge is -2.06. The molecule has 0 aliphatic heterocycles. The van der Waals surface area contributed by atoms with Crippen LogP contribution in [-0.4, -0.2) is 40.4 Å². The van der Waals surface area contributed by atoms with Crippen LogP contribution in [-0.2, 0) is 4.74 Å². The van der Waals surface area contributed by atoms with Gasteiger partial charge in [0.1, 0.15) is 11.2 Å².